The number of carbonyl (C=O) groups excluding carboxylic acids is 1. The normalized spacial score (nSPS) is 22.5. The molecule has 2 heterocycles. The second-order valence-corrected chi connectivity index (χ2v) is 9.71. The number of rotatable bonds is 5. The molecule has 1 aromatic carbocycles. The van der Waals surface area contributed by atoms with E-state index in [2.05, 4.69) is 17.1 Å². The first-order valence-electron chi connectivity index (χ1n) is 10.0. The number of anilines is 1. The smallest absolute Gasteiger partial charge is 0.243 e. The van der Waals surface area contributed by atoms with E-state index in [0.717, 1.165) is 38.6 Å². The second kappa shape index (κ2) is 8.71. The Morgan fingerprint density at radius 3 is 2.52 bits per heavy atom. The average molecular weight is 394 g/mol. The molecule has 2 fully saturated rings. The van der Waals surface area contributed by atoms with Crippen molar-refractivity contribution in [2.24, 2.45) is 0 Å². The highest BCUT2D eigenvalue weighted by molar-refractivity contribution is 7.89. The van der Waals surface area contributed by atoms with Gasteiger partial charge in [-0.15, -0.1) is 0 Å². The summed E-state index contributed by atoms with van der Waals surface area (Å²) in [4.78, 5) is 15.0. The number of benzene rings is 1. The molecule has 27 heavy (non-hydrogen) atoms. The van der Waals surface area contributed by atoms with Gasteiger partial charge in [-0.2, -0.15) is 4.31 Å². The van der Waals surface area contributed by atoms with Crippen LogP contribution in [0.1, 0.15) is 51.0 Å². The molecule has 0 aliphatic carbocycles. The van der Waals surface area contributed by atoms with E-state index in [1.165, 1.54) is 6.42 Å². The van der Waals surface area contributed by atoms with Crippen LogP contribution in [0.25, 0.3) is 0 Å². The minimum atomic E-state index is -3.52. The molecular weight excluding hydrogens is 362 g/mol. The van der Waals surface area contributed by atoms with E-state index in [1.54, 1.807) is 29.4 Å². The Morgan fingerprint density at radius 1 is 1.11 bits per heavy atom. The zero-order valence-electron chi connectivity index (χ0n) is 16.4. The van der Waals surface area contributed by atoms with Gasteiger partial charge in [0.05, 0.1) is 11.4 Å². The number of nitrogens with one attached hydrogen (secondary N) is 1. The third-order valence-electron chi connectivity index (χ3n) is 5.69. The highest BCUT2D eigenvalue weighted by Crippen LogP contribution is 2.26. The maximum Gasteiger partial charge on any atom is 0.243 e. The number of aryl methyl sites for hydroxylation is 1. The van der Waals surface area contributed by atoms with Crippen molar-refractivity contribution in [3.8, 4) is 0 Å². The van der Waals surface area contributed by atoms with Gasteiger partial charge >= 0.3 is 0 Å². The van der Waals surface area contributed by atoms with Crippen LogP contribution >= 0.6 is 0 Å². The van der Waals surface area contributed by atoms with Crippen LogP contribution < -0.4 is 5.32 Å². The number of nitrogens with zero attached hydrogens (tertiary/aromatic N) is 2. The van der Waals surface area contributed by atoms with E-state index in [0.29, 0.717) is 41.8 Å². The Kier molecular flexibility index (Phi) is 6.55. The van der Waals surface area contributed by atoms with Gasteiger partial charge in [0, 0.05) is 24.8 Å². The Morgan fingerprint density at radius 2 is 1.81 bits per heavy atom. The molecule has 0 radical (unpaired) electrons. The molecule has 3 rings (SSSR count). The molecular formula is C20H31N3O3S. The van der Waals surface area contributed by atoms with Crippen molar-refractivity contribution < 1.29 is 13.2 Å². The highest BCUT2D eigenvalue weighted by Gasteiger charge is 2.28. The van der Waals surface area contributed by atoms with Crippen molar-refractivity contribution in [2.75, 3.05) is 31.5 Å². The lowest BCUT2D eigenvalue weighted by molar-refractivity contribution is -0.118. The van der Waals surface area contributed by atoms with Crippen molar-refractivity contribution in [3.05, 3.63) is 23.8 Å². The van der Waals surface area contributed by atoms with Gasteiger partial charge in [0.2, 0.25) is 15.9 Å². The van der Waals surface area contributed by atoms with Gasteiger partial charge in [-0.05, 0) is 63.8 Å². The molecule has 0 bridgehead atoms. The summed E-state index contributed by atoms with van der Waals surface area (Å²) in [5.41, 5.74) is 1.26. The van der Waals surface area contributed by atoms with E-state index in [1.807, 2.05) is 0 Å². The number of sulfonamides is 1. The molecule has 1 aromatic rings. The van der Waals surface area contributed by atoms with Crippen LogP contribution in [0.2, 0.25) is 0 Å². The topological polar surface area (TPSA) is 69.7 Å². The summed E-state index contributed by atoms with van der Waals surface area (Å²) in [5, 5.41) is 2.89. The Bertz CT molecular complexity index is 773. The first-order valence-corrected chi connectivity index (χ1v) is 11.5. The summed E-state index contributed by atoms with van der Waals surface area (Å²) in [5.74, 6) is -0.0890. The lowest BCUT2D eigenvalue weighted by Crippen LogP contribution is -2.42. The monoisotopic (exact) mass is 393 g/mol. The molecule has 0 saturated carbocycles. The minimum Gasteiger partial charge on any atom is -0.325 e. The maximum absolute atomic E-state index is 13.0. The van der Waals surface area contributed by atoms with Crippen LogP contribution in [0.15, 0.2) is 23.1 Å². The lowest BCUT2D eigenvalue weighted by atomic mass is 10.0. The third-order valence-corrected chi connectivity index (χ3v) is 7.73. The van der Waals surface area contributed by atoms with Gasteiger partial charge in [0.25, 0.3) is 0 Å². The van der Waals surface area contributed by atoms with Gasteiger partial charge < -0.3 is 5.32 Å². The fourth-order valence-electron chi connectivity index (χ4n) is 3.98. The number of amides is 1. The van der Waals surface area contributed by atoms with Crippen molar-refractivity contribution in [1.29, 1.82) is 0 Å². The Labute approximate surface area is 163 Å². The van der Waals surface area contributed by atoms with E-state index in [9.17, 15) is 13.2 Å². The zero-order chi connectivity index (χ0) is 19.4. The number of hydrogen-bond donors (Lipinski definition) is 1. The fraction of sp³-hybridized carbons (Fsp3) is 0.650. The van der Waals surface area contributed by atoms with Crippen molar-refractivity contribution in [3.63, 3.8) is 0 Å². The number of piperidine rings is 2. The van der Waals surface area contributed by atoms with E-state index in [-0.39, 0.29) is 5.91 Å². The van der Waals surface area contributed by atoms with Gasteiger partial charge in [0.1, 0.15) is 0 Å². The predicted molar refractivity (Wildman–Crippen MR) is 107 cm³/mol. The molecule has 0 aromatic heterocycles. The van der Waals surface area contributed by atoms with Crippen molar-refractivity contribution >= 4 is 21.6 Å². The van der Waals surface area contributed by atoms with E-state index >= 15 is 0 Å². The summed E-state index contributed by atoms with van der Waals surface area (Å²) in [7, 11) is -3.52. The highest BCUT2D eigenvalue weighted by atomic mass is 32.2. The fourth-order valence-corrected chi connectivity index (χ4v) is 5.75. The van der Waals surface area contributed by atoms with Crippen molar-refractivity contribution in [1.82, 2.24) is 9.21 Å². The summed E-state index contributed by atoms with van der Waals surface area (Å²) in [6, 6.07) is 5.58. The zero-order valence-corrected chi connectivity index (χ0v) is 17.2. The van der Waals surface area contributed by atoms with E-state index < -0.39 is 10.0 Å². The SMILES string of the molecule is Cc1ccc(NC(=O)CN2CCCC[C@@H]2C)cc1S(=O)(=O)N1CCCCC1. The number of likely N-dealkylation sites (tertiary alicyclic amines) is 1. The Hall–Kier alpha value is -1.44. The quantitative estimate of drug-likeness (QED) is 0.835. The number of hydrogen-bond acceptors (Lipinski definition) is 4. The van der Waals surface area contributed by atoms with Crippen LogP contribution in [0.4, 0.5) is 5.69 Å². The average Bonchev–Trinajstić information content (AvgIpc) is 2.66. The standard InChI is InChI=1S/C20H31N3O3S/c1-16-9-10-18(21-20(24)15-22-11-7-4-8-17(22)2)14-19(16)27(25,26)23-12-5-3-6-13-23/h9-10,14,17H,3-8,11-13,15H2,1-2H3,(H,21,24)/t17-/m0/s1. The van der Waals surface area contributed by atoms with E-state index in [4.69, 9.17) is 0 Å². The predicted octanol–water partition coefficient (Wildman–Crippen LogP) is 2.98. The van der Waals surface area contributed by atoms with Crippen LogP contribution in [-0.4, -0.2) is 55.8 Å². The molecule has 2 aliphatic heterocycles. The van der Waals surface area contributed by atoms with Gasteiger partial charge in [0.15, 0.2) is 0 Å². The van der Waals surface area contributed by atoms with Crippen LogP contribution in [0, 0.1) is 6.92 Å². The van der Waals surface area contributed by atoms with Crippen LogP contribution in [-0.2, 0) is 14.8 Å². The molecule has 1 N–H and O–H groups in total. The first kappa shape index (κ1) is 20.3. The van der Waals surface area contributed by atoms with Crippen molar-refractivity contribution in [2.45, 2.75) is 63.3 Å². The first-order chi connectivity index (χ1) is 12.9. The maximum atomic E-state index is 13.0. The van der Waals surface area contributed by atoms with Gasteiger partial charge in [-0.1, -0.05) is 18.9 Å². The summed E-state index contributed by atoms with van der Waals surface area (Å²) < 4.78 is 27.6. The van der Waals surface area contributed by atoms with Crippen LogP contribution in [0.5, 0.6) is 0 Å². The summed E-state index contributed by atoms with van der Waals surface area (Å²) >= 11 is 0. The number of carbonyl (C=O) groups is 1. The summed E-state index contributed by atoms with van der Waals surface area (Å²) in [6.07, 6.45) is 6.35. The van der Waals surface area contributed by atoms with Gasteiger partial charge in [-0.3, -0.25) is 9.69 Å². The summed E-state index contributed by atoms with van der Waals surface area (Å²) in [6.45, 7) is 6.40. The molecule has 150 valence electrons. The molecule has 1 atom stereocenters. The lowest BCUT2D eigenvalue weighted by Gasteiger charge is -2.32. The Balaban J connectivity index is 1.72. The molecule has 0 spiro atoms. The molecule has 7 heteroatoms. The molecule has 0 unspecified atom stereocenters. The minimum absolute atomic E-state index is 0.0890. The largest absolute Gasteiger partial charge is 0.325 e. The van der Waals surface area contributed by atoms with Crippen LogP contribution in [0.3, 0.4) is 0 Å². The molecule has 2 saturated heterocycles. The second-order valence-electron chi connectivity index (χ2n) is 7.81. The molecule has 2 aliphatic rings. The molecule has 6 nitrogen and oxygen atoms in total. The third kappa shape index (κ3) is 4.89. The molecule has 1 amide bonds. The van der Waals surface area contributed by atoms with Gasteiger partial charge in [-0.25, -0.2) is 8.42 Å².